The number of urea groups is 1. The summed E-state index contributed by atoms with van der Waals surface area (Å²) in [7, 11) is 0. The average Bonchev–Trinajstić information content (AvgIpc) is 3.11. The number of aromatic nitrogens is 1. The minimum Gasteiger partial charge on any atom is -0.348 e. The molecule has 2 aromatic rings. The first kappa shape index (κ1) is 21.8. The van der Waals surface area contributed by atoms with E-state index < -0.39 is 17.5 Å². The number of hydrogen-bond donors (Lipinski definition) is 1. The lowest BCUT2D eigenvalue weighted by Gasteiger charge is -2.22. The van der Waals surface area contributed by atoms with Gasteiger partial charge in [0.2, 0.25) is 0 Å². The monoisotopic (exact) mass is 409 g/mol. The van der Waals surface area contributed by atoms with E-state index in [4.69, 9.17) is 0 Å². The molecule has 0 bridgehead atoms. The van der Waals surface area contributed by atoms with Gasteiger partial charge in [-0.3, -0.25) is 14.5 Å². The first-order valence-electron chi connectivity index (χ1n) is 10.7. The van der Waals surface area contributed by atoms with Gasteiger partial charge >= 0.3 is 6.03 Å². The van der Waals surface area contributed by atoms with Gasteiger partial charge in [0.05, 0.1) is 6.54 Å². The van der Waals surface area contributed by atoms with Crippen molar-refractivity contribution >= 4 is 17.7 Å². The molecule has 30 heavy (non-hydrogen) atoms. The van der Waals surface area contributed by atoms with Crippen LogP contribution in [0, 0.1) is 13.8 Å². The number of aryl methyl sites for hydroxylation is 2. The fraction of sp³-hybridized carbons (Fsp3) is 0.458. The minimum absolute atomic E-state index is 0.225. The van der Waals surface area contributed by atoms with Crippen LogP contribution in [-0.4, -0.2) is 33.7 Å². The molecule has 0 spiro atoms. The summed E-state index contributed by atoms with van der Waals surface area (Å²) in [4.78, 5) is 39.8. The fourth-order valence-electron chi connectivity index (χ4n) is 4.21. The lowest BCUT2D eigenvalue weighted by molar-refractivity contribution is -0.130. The maximum atomic E-state index is 13.2. The summed E-state index contributed by atoms with van der Waals surface area (Å²) in [5, 5.41) is 2.79. The van der Waals surface area contributed by atoms with Crippen LogP contribution in [0.2, 0.25) is 0 Å². The van der Waals surface area contributed by atoms with E-state index in [9.17, 15) is 14.4 Å². The van der Waals surface area contributed by atoms with Crippen LogP contribution in [0.3, 0.4) is 0 Å². The predicted molar refractivity (Wildman–Crippen MR) is 117 cm³/mol. The number of rotatable bonds is 8. The van der Waals surface area contributed by atoms with Crippen LogP contribution < -0.4 is 5.32 Å². The van der Waals surface area contributed by atoms with Crippen molar-refractivity contribution in [3.05, 3.63) is 58.4 Å². The molecule has 3 amide bonds. The molecule has 1 unspecified atom stereocenters. The smallest absolute Gasteiger partial charge is 0.325 e. The second-order valence-corrected chi connectivity index (χ2v) is 8.25. The zero-order valence-corrected chi connectivity index (χ0v) is 18.5. The van der Waals surface area contributed by atoms with E-state index >= 15 is 0 Å². The van der Waals surface area contributed by atoms with Crippen LogP contribution in [0.15, 0.2) is 30.3 Å². The standard InChI is InChI=1S/C24H31N3O3/c1-6-8-18-9-11-19(12-10-18)24(5)22(29)27(23(30)25-24)15-21(28)20-14-16(3)26(13-7-2)17(20)4/h9-12,14H,6-8,13,15H2,1-5H3,(H,25,30). The zero-order chi connectivity index (χ0) is 22.1. The van der Waals surface area contributed by atoms with Gasteiger partial charge in [-0.05, 0) is 50.8 Å². The van der Waals surface area contributed by atoms with Crippen LogP contribution in [0.4, 0.5) is 4.79 Å². The summed E-state index contributed by atoms with van der Waals surface area (Å²) in [5.74, 6) is -0.622. The Hall–Kier alpha value is -2.89. The molecule has 1 fully saturated rings. The van der Waals surface area contributed by atoms with Gasteiger partial charge in [0.25, 0.3) is 5.91 Å². The van der Waals surface area contributed by atoms with Crippen molar-refractivity contribution in [2.45, 2.75) is 66.0 Å². The van der Waals surface area contributed by atoms with Crippen LogP contribution >= 0.6 is 0 Å². The normalized spacial score (nSPS) is 18.8. The van der Waals surface area contributed by atoms with Gasteiger partial charge in [0.15, 0.2) is 5.78 Å². The molecule has 6 heteroatoms. The fourth-order valence-corrected chi connectivity index (χ4v) is 4.21. The number of ketones is 1. The molecule has 1 aromatic carbocycles. The third kappa shape index (κ3) is 3.78. The maximum absolute atomic E-state index is 13.2. The molecule has 6 nitrogen and oxygen atoms in total. The van der Waals surface area contributed by atoms with Gasteiger partial charge in [0, 0.05) is 23.5 Å². The molecular formula is C24H31N3O3. The molecule has 1 saturated heterocycles. The van der Waals surface area contributed by atoms with E-state index in [2.05, 4.69) is 23.7 Å². The molecule has 160 valence electrons. The number of nitrogens with one attached hydrogen (secondary N) is 1. The SMILES string of the molecule is CCCc1ccc(C2(C)NC(=O)N(CC(=O)c3cc(C)n(CCC)c3C)C2=O)cc1. The average molecular weight is 410 g/mol. The Labute approximate surface area is 178 Å². The number of Topliss-reactive ketones (excluding diaryl/α,β-unsaturated/α-hetero) is 1. The second-order valence-electron chi connectivity index (χ2n) is 8.25. The summed E-state index contributed by atoms with van der Waals surface area (Å²) < 4.78 is 2.10. The van der Waals surface area contributed by atoms with Crippen LogP contribution in [0.1, 0.15) is 66.5 Å². The van der Waals surface area contributed by atoms with E-state index in [1.807, 2.05) is 44.2 Å². The molecule has 0 radical (unpaired) electrons. The largest absolute Gasteiger partial charge is 0.348 e. The summed E-state index contributed by atoms with van der Waals surface area (Å²) >= 11 is 0. The Morgan fingerprint density at radius 2 is 1.73 bits per heavy atom. The zero-order valence-electron chi connectivity index (χ0n) is 18.5. The lowest BCUT2D eigenvalue weighted by atomic mass is 9.91. The maximum Gasteiger partial charge on any atom is 0.325 e. The molecule has 1 aromatic heterocycles. The molecule has 0 aliphatic carbocycles. The van der Waals surface area contributed by atoms with Gasteiger partial charge in [-0.15, -0.1) is 0 Å². The molecule has 1 atom stereocenters. The third-order valence-electron chi connectivity index (χ3n) is 5.97. The number of amides is 3. The topological polar surface area (TPSA) is 71.4 Å². The molecule has 1 aliphatic heterocycles. The summed E-state index contributed by atoms with van der Waals surface area (Å²) in [5.41, 5.74) is 3.20. The summed E-state index contributed by atoms with van der Waals surface area (Å²) in [6, 6.07) is 9.05. The highest BCUT2D eigenvalue weighted by molar-refractivity contribution is 6.11. The first-order chi connectivity index (χ1) is 14.2. The highest BCUT2D eigenvalue weighted by Gasteiger charge is 2.49. The van der Waals surface area contributed by atoms with Gasteiger partial charge in [-0.2, -0.15) is 0 Å². The van der Waals surface area contributed by atoms with Crippen molar-refractivity contribution in [2.75, 3.05) is 6.54 Å². The van der Waals surface area contributed by atoms with E-state index in [1.54, 1.807) is 6.92 Å². The van der Waals surface area contributed by atoms with Gasteiger partial charge < -0.3 is 9.88 Å². The molecule has 1 N–H and O–H groups in total. The van der Waals surface area contributed by atoms with Crippen molar-refractivity contribution in [1.82, 2.24) is 14.8 Å². The van der Waals surface area contributed by atoms with E-state index in [0.29, 0.717) is 5.56 Å². The number of nitrogens with zero attached hydrogens (tertiary/aromatic N) is 2. The Balaban J connectivity index is 1.81. The first-order valence-corrected chi connectivity index (χ1v) is 10.7. The van der Waals surface area contributed by atoms with Crippen LogP contribution in [-0.2, 0) is 23.3 Å². The highest BCUT2D eigenvalue weighted by Crippen LogP contribution is 2.29. The quantitative estimate of drug-likeness (QED) is 0.527. The Morgan fingerprint density at radius 3 is 2.33 bits per heavy atom. The minimum atomic E-state index is -1.17. The molecule has 2 heterocycles. The Bertz CT molecular complexity index is 974. The van der Waals surface area contributed by atoms with Crippen molar-refractivity contribution < 1.29 is 14.4 Å². The number of hydrogen-bond acceptors (Lipinski definition) is 3. The van der Waals surface area contributed by atoms with Crippen molar-refractivity contribution in [1.29, 1.82) is 0 Å². The summed E-state index contributed by atoms with van der Waals surface area (Å²) in [6.45, 7) is 10.3. The Morgan fingerprint density at radius 1 is 1.07 bits per heavy atom. The van der Waals surface area contributed by atoms with Crippen LogP contribution in [0.5, 0.6) is 0 Å². The number of imide groups is 1. The Kier molecular flexibility index (Phi) is 6.15. The molecular weight excluding hydrogens is 378 g/mol. The summed E-state index contributed by atoms with van der Waals surface area (Å²) in [6.07, 6.45) is 2.97. The number of carbonyl (C=O) groups excluding carboxylic acids is 3. The van der Waals surface area contributed by atoms with Crippen LogP contribution in [0.25, 0.3) is 0 Å². The number of carbonyl (C=O) groups is 3. The number of benzene rings is 1. The third-order valence-corrected chi connectivity index (χ3v) is 5.97. The van der Waals surface area contributed by atoms with Gasteiger partial charge in [-0.1, -0.05) is 44.5 Å². The lowest BCUT2D eigenvalue weighted by Crippen LogP contribution is -2.41. The van der Waals surface area contributed by atoms with Crippen molar-refractivity contribution in [3.8, 4) is 0 Å². The van der Waals surface area contributed by atoms with E-state index in [0.717, 1.165) is 47.7 Å². The van der Waals surface area contributed by atoms with E-state index in [1.165, 1.54) is 5.56 Å². The van der Waals surface area contributed by atoms with Gasteiger partial charge in [0.1, 0.15) is 5.54 Å². The molecule has 1 aliphatic rings. The van der Waals surface area contributed by atoms with Crippen molar-refractivity contribution in [3.63, 3.8) is 0 Å². The highest BCUT2D eigenvalue weighted by atomic mass is 16.2. The van der Waals surface area contributed by atoms with Crippen molar-refractivity contribution in [2.24, 2.45) is 0 Å². The molecule has 0 saturated carbocycles. The van der Waals surface area contributed by atoms with Gasteiger partial charge in [-0.25, -0.2) is 4.79 Å². The van der Waals surface area contributed by atoms with E-state index in [-0.39, 0.29) is 12.3 Å². The second kappa shape index (κ2) is 8.46. The molecule has 3 rings (SSSR count). The predicted octanol–water partition coefficient (Wildman–Crippen LogP) is 4.12.